The van der Waals surface area contributed by atoms with Gasteiger partial charge in [-0.2, -0.15) is 0 Å². The average Bonchev–Trinajstić information content (AvgIpc) is 3.07. The van der Waals surface area contributed by atoms with E-state index in [1.165, 1.54) is 36.0 Å². The normalized spacial score (nSPS) is 11.2. The first-order valence-corrected chi connectivity index (χ1v) is 15.0. The van der Waals surface area contributed by atoms with Crippen molar-refractivity contribution in [1.29, 1.82) is 0 Å². The van der Waals surface area contributed by atoms with Gasteiger partial charge < -0.3 is 0 Å². The highest BCUT2D eigenvalue weighted by Gasteiger charge is 2.17. The highest BCUT2D eigenvalue weighted by Crippen LogP contribution is 2.28. The van der Waals surface area contributed by atoms with Crippen LogP contribution in [0.15, 0.2) is 140 Å². The number of ketones is 2. The van der Waals surface area contributed by atoms with Crippen LogP contribution in [0.4, 0.5) is 0 Å². The molecule has 0 aliphatic heterocycles. The predicted molar refractivity (Wildman–Crippen MR) is 175 cm³/mol. The molecular weight excluding hydrogens is 512 g/mol. The molecule has 0 bridgehead atoms. The molecule has 5 aromatic rings. The first-order chi connectivity index (χ1) is 20.6. The number of rotatable bonds is 11. The standard InChI is InChI=1S/C27H30O.C13H10O/c1-3-5-12-21(4-2)19-25-20-24(22-13-8-6-9-14-22)17-18-26(25)27(28)23-15-10-7-11-16-23;14-13(11-7-3-1-4-8-11)12-9-5-2-6-10-12/h6-11,13-18,20-21H,3-5,12,19H2,1-2H3;1-10H. The fourth-order valence-corrected chi connectivity index (χ4v) is 5.14. The lowest BCUT2D eigenvalue weighted by Crippen LogP contribution is -2.10. The van der Waals surface area contributed by atoms with Gasteiger partial charge in [0.15, 0.2) is 11.6 Å². The van der Waals surface area contributed by atoms with E-state index in [-0.39, 0.29) is 11.6 Å². The second-order valence-electron chi connectivity index (χ2n) is 10.6. The summed E-state index contributed by atoms with van der Waals surface area (Å²) in [7, 11) is 0. The first kappa shape index (κ1) is 30.4. The smallest absolute Gasteiger partial charge is 0.193 e. The Hall–Kier alpha value is -4.56. The number of unbranched alkanes of at least 4 members (excludes halogenated alkanes) is 1. The van der Waals surface area contributed by atoms with Crippen molar-refractivity contribution < 1.29 is 9.59 Å². The monoisotopic (exact) mass is 552 g/mol. The van der Waals surface area contributed by atoms with Crippen LogP contribution in [0.3, 0.4) is 0 Å². The topological polar surface area (TPSA) is 34.1 Å². The third-order valence-corrected chi connectivity index (χ3v) is 7.62. The fourth-order valence-electron chi connectivity index (χ4n) is 5.14. The minimum atomic E-state index is 0.0752. The number of hydrogen-bond acceptors (Lipinski definition) is 2. The van der Waals surface area contributed by atoms with Crippen LogP contribution in [0.1, 0.15) is 76.9 Å². The second-order valence-corrected chi connectivity index (χ2v) is 10.6. The van der Waals surface area contributed by atoms with Crippen molar-refractivity contribution in [3.8, 4) is 11.1 Å². The third-order valence-electron chi connectivity index (χ3n) is 7.62. The summed E-state index contributed by atoms with van der Waals surface area (Å²) in [6.07, 6.45) is 5.80. The van der Waals surface area contributed by atoms with Gasteiger partial charge in [0.2, 0.25) is 0 Å². The minimum absolute atomic E-state index is 0.0752. The van der Waals surface area contributed by atoms with Crippen LogP contribution in [0.2, 0.25) is 0 Å². The molecule has 5 rings (SSSR count). The largest absolute Gasteiger partial charge is 0.289 e. The van der Waals surface area contributed by atoms with Gasteiger partial charge in [0.1, 0.15) is 0 Å². The van der Waals surface area contributed by atoms with Gasteiger partial charge in [-0.3, -0.25) is 9.59 Å². The van der Waals surface area contributed by atoms with Crippen molar-refractivity contribution in [2.24, 2.45) is 5.92 Å². The Morgan fingerprint density at radius 1 is 0.548 bits per heavy atom. The summed E-state index contributed by atoms with van der Waals surface area (Å²) in [5, 5.41) is 0. The molecule has 0 N–H and O–H groups in total. The van der Waals surface area contributed by atoms with Gasteiger partial charge in [-0.15, -0.1) is 0 Å². The van der Waals surface area contributed by atoms with Gasteiger partial charge in [-0.1, -0.05) is 179 Å². The van der Waals surface area contributed by atoms with E-state index in [9.17, 15) is 9.59 Å². The molecule has 0 fully saturated rings. The van der Waals surface area contributed by atoms with E-state index in [2.05, 4.69) is 50.2 Å². The van der Waals surface area contributed by atoms with E-state index in [4.69, 9.17) is 0 Å². The maximum absolute atomic E-state index is 13.2. The molecule has 0 amide bonds. The van der Waals surface area contributed by atoms with Crippen molar-refractivity contribution in [1.82, 2.24) is 0 Å². The summed E-state index contributed by atoms with van der Waals surface area (Å²) in [5.74, 6) is 0.819. The highest BCUT2D eigenvalue weighted by atomic mass is 16.1. The van der Waals surface area contributed by atoms with E-state index in [0.717, 1.165) is 35.1 Å². The van der Waals surface area contributed by atoms with Crippen molar-refractivity contribution in [2.45, 2.75) is 46.0 Å². The molecule has 1 unspecified atom stereocenters. The predicted octanol–water partition coefficient (Wildman–Crippen LogP) is 10.3. The van der Waals surface area contributed by atoms with Crippen LogP contribution in [-0.2, 0) is 6.42 Å². The van der Waals surface area contributed by atoms with E-state index < -0.39 is 0 Å². The van der Waals surface area contributed by atoms with Crippen LogP contribution in [-0.4, -0.2) is 11.6 Å². The Kier molecular flexibility index (Phi) is 11.6. The molecule has 42 heavy (non-hydrogen) atoms. The number of hydrogen-bond donors (Lipinski definition) is 0. The second kappa shape index (κ2) is 16.0. The zero-order valence-electron chi connectivity index (χ0n) is 24.7. The molecule has 212 valence electrons. The quantitative estimate of drug-likeness (QED) is 0.153. The van der Waals surface area contributed by atoms with Crippen LogP contribution in [0.25, 0.3) is 11.1 Å². The number of benzene rings is 5. The molecule has 0 aliphatic carbocycles. The van der Waals surface area contributed by atoms with Crippen LogP contribution >= 0.6 is 0 Å². The zero-order valence-corrected chi connectivity index (χ0v) is 24.7. The summed E-state index contributed by atoms with van der Waals surface area (Å²) in [6, 6.07) is 45.0. The van der Waals surface area contributed by atoms with Crippen LogP contribution < -0.4 is 0 Å². The van der Waals surface area contributed by atoms with E-state index in [0.29, 0.717) is 5.92 Å². The van der Waals surface area contributed by atoms with Gasteiger partial charge >= 0.3 is 0 Å². The summed E-state index contributed by atoms with van der Waals surface area (Å²) < 4.78 is 0. The first-order valence-electron chi connectivity index (χ1n) is 15.0. The third kappa shape index (κ3) is 8.47. The van der Waals surface area contributed by atoms with Gasteiger partial charge in [-0.25, -0.2) is 0 Å². The Bertz CT molecular complexity index is 1480. The van der Waals surface area contributed by atoms with Crippen LogP contribution in [0.5, 0.6) is 0 Å². The number of carbonyl (C=O) groups excluding carboxylic acids is 2. The average molecular weight is 553 g/mol. The molecule has 0 heterocycles. The molecule has 0 aromatic heterocycles. The fraction of sp³-hybridized carbons (Fsp3) is 0.200. The highest BCUT2D eigenvalue weighted by molar-refractivity contribution is 6.10. The van der Waals surface area contributed by atoms with E-state index in [1.54, 1.807) is 0 Å². The Balaban J connectivity index is 0.000000241. The molecule has 1 atom stereocenters. The lowest BCUT2D eigenvalue weighted by molar-refractivity contribution is 0.103. The van der Waals surface area contributed by atoms with Gasteiger partial charge in [0, 0.05) is 22.3 Å². The van der Waals surface area contributed by atoms with Gasteiger partial charge in [0.25, 0.3) is 0 Å². The molecule has 0 radical (unpaired) electrons. The minimum Gasteiger partial charge on any atom is -0.289 e. The SMILES string of the molecule is CCCCC(CC)Cc1cc(-c2ccccc2)ccc1C(=O)c1ccccc1.O=C(c1ccccc1)c1ccccc1. The maximum Gasteiger partial charge on any atom is 0.193 e. The number of carbonyl (C=O) groups is 2. The summed E-state index contributed by atoms with van der Waals surface area (Å²) in [6.45, 7) is 4.51. The molecule has 0 saturated heterocycles. The molecule has 0 spiro atoms. The van der Waals surface area contributed by atoms with Crippen LogP contribution in [0, 0.1) is 5.92 Å². The summed E-state index contributed by atoms with van der Waals surface area (Å²) in [4.78, 5) is 25.0. The zero-order chi connectivity index (χ0) is 29.6. The summed E-state index contributed by atoms with van der Waals surface area (Å²) in [5.41, 5.74) is 6.64. The van der Waals surface area contributed by atoms with E-state index >= 15 is 0 Å². The van der Waals surface area contributed by atoms with E-state index in [1.807, 2.05) is 103 Å². The summed E-state index contributed by atoms with van der Waals surface area (Å²) >= 11 is 0. The Labute approximate surface area is 251 Å². The van der Waals surface area contributed by atoms with Crippen molar-refractivity contribution in [2.75, 3.05) is 0 Å². The van der Waals surface area contributed by atoms with Gasteiger partial charge in [-0.05, 0) is 29.0 Å². The Morgan fingerprint density at radius 3 is 1.50 bits per heavy atom. The Morgan fingerprint density at radius 2 is 1.02 bits per heavy atom. The van der Waals surface area contributed by atoms with Crippen molar-refractivity contribution >= 4 is 11.6 Å². The molecular formula is C40H40O2. The van der Waals surface area contributed by atoms with Crippen molar-refractivity contribution in [3.05, 3.63) is 167 Å². The molecule has 2 nitrogen and oxygen atoms in total. The molecule has 2 heteroatoms. The molecule has 5 aromatic carbocycles. The lowest BCUT2D eigenvalue weighted by atomic mass is 9.86. The molecule has 0 saturated carbocycles. The molecule has 0 aliphatic rings. The van der Waals surface area contributed by atoms with Gasteiger partial charge in [0.05, 0.1) is 0 Å². The maximum atomic E-state index is 13.2. The lowest BCUT2D eigenvalue weighted by Gasteiger charge is -2.18. The van der Waals surface area contributed by atoms with Crippen molar-refractivity contribution in [3.63, 3.8) is 0 Å².